The molecule has 3 rings (SSSR count). The zero-order chi connectivity index (χ0) is 21.8. The summed E-state index contributed by atoms with van der Waals surface area (Å²) in [5.74, 6) is -0.863. The minimum absolute atomic E-state index is 0.0992. The van der Waals surface area contributed by atoms with Crippen LogP contribution in [-0.4, -0.2) is 38.9 Å². The molecule has 0 unspecified atom stereocenters. The number of hydrogen-bond donors (Lipinski definition) is 2. The predicted octanol–water partition coefficient (Wildman–Crippen LogP) is 3.56. The zero-order valence-electron chi connectivity index (χ0n) is 16.1. The molecule has 0 spiro atoms. The van der Waals surface area contributed by atoms with Gasteiger partial charge in [-0.1, -0.05) is 23.7 Å². The summed E-state index contributed by atoms with van der Waals surface area (Å²) >= 11 is 9.47. The van der Waals surface area contributed by atoms with E-state index in [-0.39, 0.29) is 23.6 Å². The molecule has 8 nitrogen and oxygen atoms in total. The number of anilines is 1. The van der Waals surface area contributed by atoms with Crippen LogP contribution in [0.15, 0.2) is 47.2 Å². The van der Waals surface area contributed by atoms with Crippen LogP contribution in [0.1, 0.15) is 33.3 Å². The molecule has 2 N–H and O–H groups in total. The summed E-state index contributed by atoms with van der Waals surface area (Å²) in [6, 6.07) is 9.86. The minimum Gasteiger partial charge on any atom is -0.345 e. The number of pyridine rings is 1. The topological polar surface area (TPSA) is 106 Å². The largest absolute Gasteiger partial charge is 0.345 e. The van der Waals surface area contributed by atoms with Crippen LogP contribution in [0.5, 0.6) is 0 Å². The molecule has 0 fully saturated rings. The van der Waals surface area contributed by atoms with E-state index in [1.165, 1.54) is 23.9 Å². The fourth-order valence-corrected chi connectivity index (χ4v) is 3.29. The maximum atomic E-state index is 13.1. The second kappa shape index (κ2) is 9.19. The monoisotopic (exact) mass is 489 g/mol. The van der Waals surface area contributed by atoms with E-state index in [0.717, 1.165) is 0 Å². The Morgan fingerprint density at radius 1 is 1.17 bits per heavy atom. The number of para-hydroxylation sites is 1. The Labute approximate surface area is 185 Å². The Balaban J connectivity index is 1.96. The number of nitrogens with zero attached hydrogens (tertiary/aromatic N) is 3. The Morgan fingerprint density at radius 2 is 1.93 bits per heavy atom. The molecule has 0 aliphatic rings. The highest BCUT2D eigenvalue weighted by Gasteiger charge is 2.21. The van der Waals surface area contributed by atoms with Gasteiger partial charge in [0.05, 0.1) is 22.8 Å². The number of ketones is 1. The molecule has 10 heteroatoms. The van der Waals surface area contributed by atoms with Crippen LogP contribution in [0.4, 0.5) is 5.69 Å². The quantitative estimate of drug-likeness (QED) is 0.549. The van der Waals surface area contributed by atoms with E-state index in [9.17, 15) is 14.4 Å². The van der Waals surface area contributed by atoms with Crippen LogP contribution in [0.3, 0.4) is 0 Å². The standard InChI is InChI=1S/C20H17BrClN5O3/c1-11-5-3-6-13(19(29)24-10-12(2)28)17(11)25-20(30)15-9-16(21)26-27(15)18-14(22)7-4-8-23-18/h3-9H,10H2,1-2H3,(H,24,29)(H,25,30). The third-order valence-corrected chi connectivity index (χ3v) is 4.79. The lowest BCUT2D eigenvalue weighted by atomic mass is 10.1. The first-order valence-electron chi connectivity index (χ1n) is 8.83. The highest BCUT2D eigenvalue weighted by atomic mass is 79.9. The van der Waals surface area contributed by atoms with Gasteiger partial charge >= 0.3 is 0 Å². The highest BCUT2D eigenvalue weighted by molar-refractivity contribution is 9.10. The number of halogens is 2. The molecule has 30 heavy (non-hydrogen) atoms. The molecule has 0 bridgehead atoms. The lowest BCUT2D eigenvalue weighted by Crippen LogP contribution is -2.29. The smallest absolute Gasteiger partial charge is 0.274 e. The molecule has 0 aliphatic heterocycles. The van der Waals surface area contributed by atoms with Gasteiger partial charge in [0.15, 0.2) is 5.82 Å². The van der Waals surface area contributed by atoms with Crippen molar-refractivity contribution in [3.63, 3.8) is 0 Å². The van der Waals surface area contributed by atoms with Crippen LogP contribution >= 0.6 is 27.5 Å². The molecule has 3 aromatic rings. The molecular formula is C20H17BrClN5O3. The normalized spacial score (nSPS) is 10.5. The van der Waals surface area contributed by atoms with Crippen LogP contribution in [0.2, 0.25) is 5.02 Å². The van der Waals surface area contributed by atoms with Gasteiger partial charge in [0.2, 0.25) is 0 Å². The van der Waals surface area contributed by atoms with Crippen molar-refractivity contribution in [3.8, 4) is 5.82 Å². The number of benzene rings is 1. The summed E-state index contributed by atoms with van der Waals surface area (Å²) in [5, 5.41) is 9.87. The number of rotatable bonds is 6. The number of aryl methyl sites for hydroxylation is 1. The van der Waals surface area contributed by atoms with E-state index in [0.29, 0.717) is 26.7 Å². The van der Waals surface area contributed by atoms with E-state index in [1.54, 1.807) is 37.3 Å². The molecule has 154 valence electrons. The summed E-state index contributed by atoms with van der Waals surface area (Å²) in [7, 11) is 0. The van der Waals surface area contributed by atoms with Crippen molar-refractivity contribution in [3.05, 3.63) is 69.0 Å². The SMILES string of the molecule is CC(=O)CNC(=O)c1cccc(C)c1NC(=O)c1cc(Br)nn1-c1ncccc1Cl. The number of hydrogen-bond acceptors (Lipinski definition) is 5. The molecule has 1 aromatic carbocycles. The van der Waals surface area contributed by atoms with Crippen molar-refractivity contribution >= 4 is 50.8 Å². The van der Waals surface area contributed by atoms with Crippen molar-refractivity contribution in [1.29, 1.82) is 0 Å². The first-order valence-corrected chi connectivity index (χ1v) is 10.00. The van der Waals surface area contributed by atoms with Gasteiger partial charge in [-0.05, 0) is 53.5 Å². The van der Waals surface area contributed by atoms with Crippen LogP contribution in [0, 0.1) is 6.92 Å². The first-order chi connectivity index (χ1) is 14.3. The highest BCUT2D eigenvalue weighted by Crippen LogP contribution is 2.24. The van der Waals surface area contributed by atoms with E-state index in [1.807, 2.05) is 0 Å². The maximum absolute atomic E-state index is 13.1. The number of aromatic nitrogens is 3. The third kappa shape index (κ3) is 4.74. The first kappa shape index (κ1) is 21.7. The second-order valence-electron chi connectivity index (χ2n) is 6.41. The van der Waals surface area contributed by atoms with Crippen molar-refractivity contribution in [1.82, 2.24) is 20.1 Å². The van der Waals surface area contributed by atoms with Crippen LogP contribution < -0.4 is 10.6 Å². The van der Waals surface area contributed by atoms with E-state index >= 15 is 0 Å². The maximum Gasteiger partial charge on any atom is 0.274 e. The van der Waals surface area contributed by atoms with Crippen molar-refractivity contribution in [2.75, 3.05) is 11.9 Å². The molecule has 0 saturated heterocycles. The Hall–Kier alpha value is -3.04. The summed E-state index contributed by atoms with van der Waals surface area (Å²) < 4.78 is 1.73. The summed E-state index contributed by atoms with van der Waals surface area (Å²) in [4.78, 5) is 41.0. The summed E-state index contributed by atoms with van der Waals surface area (Å²) in [5.41, 5.74) is 1.42. The summed E-state index contributed by atoms with van der Waals surface area (Å²) in [6.45, 7) is 3.04. The number of carbonyl (C=O) groups is 3. The molecule has 2 amide bonds. The van der Waals surface area contributed by atoms with Gasteiger partial charge in [-0.15, -0.1) is 0 Å². The lowest BCUT2D eigenvalue weighted by molar-refractivity contribution is -0.116. The van der Waals surface area contributed by atoms with Gasteiger partial charge in [-0.25, -0.2) is 9.67 Å². The van der Waals surface area contributed by atoms with E-state index < -0.39 is 11.8 Å². The fourth-order valence-electron chi connectivity index (χ4n) is 2.71. The Morgan fingerprint density at radius 3 is 2.63 bits per heavy atom. The van der Waals surface area contributed by atoms with Crippen LogP contribution in [-0.2, 0) is 4.79 Å². The van der Waals surface area contributed by atoms with Gasteiger partial charge in [-0.3, -0.25) is 14.4 Å². The zero-order valence-corrected chi connectivity index (χ0v) is 18.4. The van der Waals surface area contributed by atoms with Crippen molar-refractivity contribution in [2.45, 2.75) is 13.8 Å². The number of amides is 2. The Bertz CT molecular complexity index is 1150. The van der Waals surface area contributed by atoms with Crippen LogP contribution in [0.25, 0.3) is 5.82 Å². The third-order valence-electron chi connectivity index (χ3n) is 4.11. The molecule has 0 atom stereocenters. The summed E-state index contributed by atoms with van der Waals surface area (Å²) in [6.07, 6.45) is 1.54. The van der Waals surface area contributed by atoms with Crippen molar-refractivity contribution < 1.29 is 14.4 Å². The molecule has 0 aliphatic carbocycles. The molecule has 2 heterocycles. The number of nitrogens with one attached hydrogen (secondary N) is 2. The second-order valence-corrected chi connectivity index (χ2v) is 7.63. The van der Waals surface area contributed by atoms with E-state index in [4.69, 9.17) is 11.6 Å². The van der Waals surface area contributed by atoms with Gasteiger partial charge in [0.25, 0.3) is 11.8 Å². The predicted molar refractivity (Wildman–Crippen MR) is 116 cm³/mol. The van der Waals surface area contributed by atoms with Gasteiger partial charge < -0.3 is 10.6 Å². The average Bonchev–Trinajstić information content (AvgIpc) is 3.09. The molecular weight excluding hydrogens is 474 g/mol. The molecule has 0 radical (unpaired) electrons. The van der Waals surface area contributed by atoms with Gasteiger partial charge in [0.1, 0.15) is 16.1 Å². The number of Topliss-reactive ketones (excluding diaryl/α,β-unsaturated/α-hetero) is 1. The average molecular weight is 491 g/mol. The van der Waals surface area contributed by atoms with E-state index in [2.05, 4.69) is 36.6 Å². The van der Waals surface area contributed by atoms with Gasteiger partial charge in [-0.2, -0.15) is 5.10 Å². The minimum atomic E-state index is -0.509. The van der Waals surface area contributed by atoms with Gasteiger partial charge in [0, 0.05) is 12.3 Å². The lowest BCUT2D eigenvalue weighted by Gasteiger charge is -2.14. The molecule has 0 saturated carbocycles. The van der Waals surface area contributed by atoms with Crippen molar-refractivity contribution in [2.24, 2.45) is 0 Å². The Kier molecular flexibility index (Phi) is 6.63. The fraction of sp³-hybridized carbons (Fsp3) is 0.150. The molecule has 2 aromatic heterocycles. The number of carbonyl (C=O) groups excluding carboxylic acids is 3.